The Labute approximate surface area is 108 Å². The van der Waals surface area contributed by atoms with Crippen molar-refractivity contribution in [3.8, 4) is 5.75 Å². The van der Waals surface area contributed by atoms with E-state index in [2.05, 4.69) is 4.98 Å². The van der Waals surface area contributed by atoms with Gasteiger partial charge in [-0.25, -0.2) is 0 Å². The molecule has 1 heterocycles. The first-order chi connectivity index (χ1) is 8.72. The van der Waals surface area contributed by atoms with Crippen LogP contribution in [-0.2, 0) is 13.2 Å². The Morgan fingerprint density at radius 3 is 2.61 bits per heavy atom. The Morgan fingerprint density at radius 1 is 1.11 bits per heavy atom. The summed E-state index contributed by atoms with van der Waals surface area (Å²) in [5, 5.41) is 0. The van der Waals surface area contributed by atoms with Crippen LogP contribution in [0.15, 0.2) is 36.5 Å². The summed E-state index contributed by atoms with van der Waals surface area (Å²) in [6.45, 7) is 5.02. The van der Waals surface area contributed by atoms with E-state index in [0.717, 1.165) is 28.1 Å². The van der Waals surface area contributed by atoms with E-state index in [-0.39, 0.29) is 0 Å². The van der Waals surface area contributed by atoms with Crippen LogP contribution in [-0.4, -0.2) is 4.98 Å². The van der Waals surface area contributed by atoms with Gasteiger partial charge in [-0.1, -0.05) is 24.3 Å². The zero-order valence-electron chi connectivity index (χ0n) is 10.8. The Hall–Kier alpha value is -1.87. The average molecular weight is 242 g/mol. The van der Waals surface area contributed by atoms with E-state index >= 15 is 0 Å². The van der Waals surface area contributed by atoms with Gasteiger partial charge in [-0.3, -0.25) is 4.98 Å². The highest BCUT2D eigenvalue weighted by atomic mass is 16.5. The first-order valence-corrected chi connectivity index (χ1v) is 6.04. The summed E-state index contributed by atoms with van der Waals surface area (Å²) in [7, 11) is 0. The zero-order chi connectivity index (χ0) is 13.0. The van der Waals surface area contributed by atoms with Crippen LogP contribution in [0.3, 0.4) is 0 Å². The molecule has 94 valence electrons. The largest absolute Gasteiger partial charge is 0.487 e. The summed E-state index contributed by atoms with van der Waals surface area (Å²) in [4.78, 5) is 4.32. The Morgan fingerprint density at radius 2 is 1.89 bits per heavy atom. The predicted octanol–water partition coefficient (Wildman–Crippen LogP) is 2.74. The van der Waals surface area contributed by atoms with Crippen molar-refractivity contribution in [3.63, 3.8) is 0 Å². The van der Waals surface area contributed by atoms with Gasteiger partial charge in [0.25, 0.3) is 0 Å². The van der Waals surface area contributed by atoms with E-state index in [9.17, 15) is 0 Å². The number of aromatic nitrogens is 1. The molecule has 0 saturated heterocycles. The molecule has 0 saturated carbocycles. The fourth-order valence-electron chi connectivity index (χ4n) is 1.89. The van der Waals surface area contributed by atoms with Crippen molar-refractivity contribution in [1.29, 1.82) is 0 Å². The fourth-order valence-corrected chi connectivity index (χ4v) is 1.89. The number of benzene rings is 1. The molecule has 0 atom stereocenters. The van der Waals surface area contributed by atoms with Gasteiger partial charge >= 0.3 is 0 Å². The van der Waals surface area contributed by atoms with Crippen LogP contribution in [0.5, 0.6) is 5.75 Å². The van der Waals surface area contributed by atoms with E-state index in [0.29, 0.717) is 13.2 Å². The van der Waals surface area contributed by atoms with E-state index < -0.39 is 0 Å². The predicted molar refractivity (Wildman–Crippen MR) is 72.4 cm³/mol. The number of ether oxygens (including phenoxy) is 1. The maximum absolute atomic E-state index is 5.88. The first-order valence-electron chi connectivity index (χ1n) is 6.04. The number of hydrogen-bond donors (Lipinski definition) is 1. The number of pyridine rings is 1. The van der Waals surface area contributed by atoms with Crippen LogP contribution in [0.1, 0.15) is 22.4 Å². The minimum atomic E-state index is 0.477. The molecule has 0 unspecified atom stereocenters. The van der Waals surface area contributed by atoms with Crippen LogP contribution in [0.25, 0.3) is 0 Å². The van der Waals surface area contributed by atoms with Crippen molar-refractivity contribution >= 4 is 0 Å². The third-order valence-corrected chi connectivity index (χ3v) is 2.98. The SMILES string of the molecule is Cc1cccnc1COc1c(C)cccc1CN. The van der Waals surface area contributed by atoms with Gasteiger partial charge in [-0.2, -0.15) is 0 Å². The topological polar surface area (TPSA) is 48.1 Å². The number of nitrogens with two attached hydrogens (primary N) is 1. The van der Waals surface area contributed by atoms with E-state index in [1.807, 2.05) is 44.2 Å². The minimum Gasteiger partial charge on any atom is -0.487 e. The van der Waals surface area contributed by atoms with Crippen molar-refractivity contribution in [1.82, 2.24) is 4.98 Å². The lowest BCUT2D eigenvalue weighted by atomic mass is 10.1. The summed E-state index contributed by atoms with van der Waals surface area (Å²) in [5.41, 5.74) is 9.96. The Balaban J connectivity index is 2.18. The van der Waals surface area contributed by atoms with Gasteiger partial charge in [-0.15, -0.1) is 0 Å². The van der Waals surface area contributed by atoms with E-state index in [1.165, 1.54) is 0 Å². The number of nitrogens with zero attached hydrogens (tertiary/aromatic N) is 1. The lowest BCUT2D eigenvalue weighted by molar-refractivity contribution is 0.295. The highest BCUT2D eigenvalue weighted by Crippen LogP contribution is 2.24. The van der Waals surface area contributed by atoms with Crippen molar-refractivity contribution in [2.24, 2.45) is 5.73 Å². The number of aryl methyl sites for hydroxylation is 2. The van der Waals surface area contributed by atoms with Crippen LogP contribution in [0, 0.1) is 13.8 Å². The molecule has 0 bridgehead atoms. The van der Waals surface area contributed by atoms with Crippen molar-refractivity contribution in [3.05, 3.63) is 58.9 Å². The number of rotatable bonds is 4. The van der Waals surface area contributed by atoms with Gasteiger partial charge in [0.2, 0.25) is 0 Å². The van der Waals surface area contributed by atoms with Crippen molar-refractivity contribution in [2.45, 2.75) is 27.0 Å². The lowest BCUT2D eigenvalue weighted by Crippen LogP contribution is -2.06. The second-order valence-corrected chi connectivity index (χ2v) is 4.32. The van der Waals surface area contributed by atoms with Gasteiger partial charge in [-0.05, 0) is 31.0 Å². The first kappa shape index (κ1) is 12.6. The normalized spacial score (nSPS) is 10.4. The van der Waals surface area contributed by atoms with Gasteiger partial charge in [0.1, 0.15) is 12.4 Å². The highest BCUT2D eigenvalue weighted by molar-refractivity contribution is 5.40. The monoisotopic (exact) mass is 242 g/mol. The molecular formula is C15H18N2O. The maximum atomic E-state index is 5.88. The maximum Gasteiger partial charge on any atom is 0.130 e. The Bertz CT molecular complexity index is 538. The van der Waals surface area contributed by atoms with Gasteiger partial charge in [0.05, 0.1) is 5.69 Å². The van der Waals surface area contributed by atoms with Gasteiger partial charge in [0.15, 0.2) is 0 Å². The third kappa shape index (κ3) is 2.68. The average Bonchev–Trinajstić information content (AvgIpc) is 2.39. The quantitative estimate of drug-likeness (QED) is 0.896. The minimum absolute atomic E-state index is 0.477. The lowest BCUT2D eigenvalue weighted by Gasteiger charge is -2.13. The fraction of sp³-hybridized carbons (Fsp3) is 0.267. The molecule has 2 rings (SSSR count). The molecule has 0 aliphatic carbocycles. The summed E-state index contributed by atoms with van der Waals surface area (Å²) in [6, 6.07) is 9.98. The molecule has 3 heteroatoms. The zero-order valence-corrected chi connectivity index (χ0v) is 10.8. The molecule has 2 aromatic rings. The molecule has 1 aromatic carbocycles. The molecule has 1 aromatic heterocycles. The molecule has 0 aliphatic rings. The summed E-state index contributed by atoms with van der Waals surface area (Å²) < 4.78 is 5.88. The number of hydrogen-bond acceptors (Lipinski definition) is 3. The van der Waals surface area contributed by atoms with Crippen LogP contribution >= 0.6 is 0 Å². The molecule has 0 fully saturated rings. The molecular weight excluding hydrogens is 224 g/mol. The van der Waals surface area contributed by atoms with Crippen molar-refractivity contribution < 1.29 is 4.74 Å². The molecule has 0 spiro atoms. The van der Waals surface area contributed by atoms with E-state index in [4.69, 9.17) is 10.5 Å². The standard InChI is InChI=1S/C15H18N2O/c1-11-6-4-8-17-14(11)10-18-15-12(2)5-3-7-13(15)9-16/h3-8H,9-10,16H2,1-2H3. The van der Waals surface area contributed by atoms with E-state index in [1.54, 1.807) is 6.20 Å². The summed E-state index contributed by atoms with van der Waals surface area (Å²) in [5.74, 6) is 0.880. The third-order valence-electron chi connectivity index (χ3n) is 2.98. The molecule has 0 amide bonds. The van der Waals surface area contributed by atoms with Crippen LogP contribution < -0.4 is 10.5 Å². The van der Waals surface area contributed by atoms with Gasteiger partial charge in [0, 0.05) is 18.3 Å². The summed E-state index contributed by atoms with van der Waals surface area (Å²) in [6.07, 6.45) is 1.79. The Kier molecular flexibility index (Phi) is 3.95. The molecule has 18 heavy (non-hydrogen) atoms. The molecule has 0 radical (unpaired) electrons. The molecule has 3 nitrogen and oxygen atoms in total. The smallest absolute Gasteiger partial charge is 0.130 e. The summed E-state index contributed by atoms with van der Waals surface area (Å²) >= 11 is 0. The molecule has 0 aliphatic heterocycles. The van der Waals surface area contributed by atoms with Gasteiger partial charge < -0.3 is 10.5 Å². The molecule has 2 N–H and O–H groups in total. The van der Waals surface area contributed by atoms with Crippen molar-refractivity contribution in [2.75, 3.05) is 0 Å². The highest BCUT2D eigenvalue weighted by Gasteiger charge is 2.07. The second-order valence-electron chi connectivity index (χ2n) is 4.32. The second kappa shape index (κ2) is 5.65. The van der Waals surface area contributed by atoms with Crippen LogP contribution in [0.2, 0.25) is 0 Å². The van der Waals surface area contributed by atoms with Crippen LogP contribution in [0.4, 0.5) is 0 Å². The number of para-hydroxylation sites is 1.